The Bertz CT molecular complexity index is 933. The van der Waals surface area contributed by atoms with Gasteiger partial charge in [0.15, 0.2) is 0 Å². The number of carbonyl (C=O) groups excluding carboxylic acids is 2. The molecule has 5 nitrogen and oxygen atoms in total. The fourth-order valence-corrected chi connectivity index (χ4v) is 3.78. The number of hydrogen-bond acceptors (Lipinski definition) is 2. The Morgan fingerprint density at radius 1 is 1.22 bits per heavy atom. The molecule has 3 amide bonds. The summed E-state index contributed by atoms with van der Waals surface area (Å²) < 4.78 is 27.2. The van der Waals surface area contributed by atoms with E-state index in [9.17, 15) is 18.4 Å². The van der Waals surface area contributed by atoms with Gasteiger partial charge in [-0.25, -0.2) is 13.6 Å². The van der Waals surface area contributed by atoms with Crippen molar-refractivity contribution in [3.63, 3.8) is 0 Å². The summed E-state index contributed by atoms with van der Waals surface area (Å²) in [7, 11) is 0. The van der Waals surface area contributed by atoms with Crippen molar-refractivity contribution in [2.75, 3.05) is 6.54 Å². The van der Waals surface area contributed by atoms with Gasteiger partial charge in [0, 0.05) is 17.0 Å². The largest absolute Gasteiger partial charge is 0.368 e. The number of fused-ring (bicyclic) bond motifs is 1. The average molecular weight is 392 g/mol. The van der Waals surface area contributed by atoms with Crippen LogP contribution < -0.4 is 11.1 Å². The number of rotatable bonds is 4. The van der Waals surface area contributed by atoms with Crippen LogP contribution in [-0.2, 0) is 17.1 Å². The summed E-state index contributed by atoms with van der Waals surface area (Å²) in [6, 6.07) is 9.82. The summed E-state index contributed by atoms with van der Waals surface area (Å²) in [4.78, 5) is 25.4. The van der Waals surface area contributed by atoms with Crippen LogP contribution in [0.1, 0.15) is 28.3 Å². The highest BCUT2D eigenvalue weighted by atomic mass is 35.5. The maximum atomic E-state index is 13.6. The van der Waals surface area contributed by atoms with Crippen LogP contribution in [0, 0.1) is 0 Å². The molecule has 2 aromatic carbocycles. The van der Waals surface area contributed by atoms with Gasteiger partial charge in [-0.05, 0) is 28.8 Å². The van der Waals surface area contributed by atoms with Gasteiger partial charge in [-0.2, -0.15) is 0 Å². The van der Waals surface area contributed by atoms with Crippen LogP contribution >= 0.6 is 11.6 Å². The molecule has 0 bridgehead atoms. The fourth-order valence-electron chi connectivity index (χ4n) is 3.65. The molecule has 2 aliphatic rings. The van der Waals surface area contributed by atoms with E-state index in [1.807, 2.05) is 0 Å². The second kappa shape index (κ2) is 6.20. The lowest BCUT2D eigenvalue weighted by Gasteiger charge is -2.33. The van der Waals surface area contributed by atoms with Gasteiger partial charge in [-0.1, -0.05) is 41.9 Å². The van der Waals surface area contributed by atoms with Gasteiger partial charge in [0.2, 0.25) is 5.91 Å². The van der Waals surface area contributed by atoms with Gasteiger partial charge in [-0.3, -0.25) is 4.79 Å². The Kier molecular flexibility index (Phi) is 4.07. The molecule has 1 unspecified atom stereocenters. The SMILES string of the molecule is NC(=O)C1CN([C@H](c2ccc(Cl)cc2)c2ccc3c(c2)CC3(F)F)C(=O)N1. The third kappa shape index (κ3) is 3.02. The Hall–Kier alpha value is -2.67. The lowest BCUT2D eigenvalue weighted by Crippen LogP contribution is -2.39. The summed E-state index contributed by atoms with van der Waals surface area (Å²) >= 11 is 5.96. The first kappa shape index (κ1) is 17.7. The van der Waals surface area contributed by atoms with E-state index in [4.69, 9.17) is 17.3 Å². The van der Waals surface area contributed by atoms with Crippen molar-refractivity contribution < 1.29 is 18.4 Å². The van der Waals surface area contributed by atoms with Gasteiger partial charge < -0.3 is 16.0 Å². The van der Waals surface area contributed by atoms with Gasteiger partial charge >= 0.3 is 6.03 Å². The Labute approximate surface area is 159 Å². The van der Waals surface area contributed by atoms with Crippen LogP contribution in [0.5, 0.6) is 0 Å². The average Bonchev–Trinajstić information content (AvgIpc) is 2.98. The van der Waals surface area contributed by atoms with E-state index in [2.05, 4.69) is 5.32 Å². The zero-order chi connectivity index (χ0) is 19.3. The van der Waals surface area contributed by atoms with Crippen LogP contribution in [0.25, 0.3) is 0 Å². The van der Waals surface area contributed by atoms with Crippen LogP contribution in [0.4, 0.5) is 13.6 Å². The molecule has 140 valence electrons. The number of alkyl halides is 2. The summed E-state index contributed by atoms with van der Waals surface area (Å²) in [6.07, 6.45) is -0.320. The van der Waals surface area contributed by atoms with Gasteiger partial charge in [-0.15, -0.1) is 0 Å². The predicted molar refractivity (Wildman–Crippen MR) is 95.6 cm³/mol. The highest BCUT2D eigenvalue weighted by Gasteiger charge is 2.44. The number of urea groups is 1. The maximum Gasteiger partial charge on any atom is 0.318 e. The third-order valence-corrected chi connectivity index (χ3v) is 5.28. The molecule has 0 radical (unpaired) electrons. The van der Waals surface area contributed by atoms with E-state index in [0.717, 1.165) is 5.56 Å². The molecule has 0 saturated carbocycles. The van der Waals surface area contributed by atoms with E-state index in [-0.39, 0.29) is 18.5 Å². The molecular weight excluding hydrogens is 376 g/mol. The number of carbonyl (C=O) groups is 2. The lowest BCUT2D eigenvalue weighted by molar-refractivity contribution is -0.119. The lowest BCUT2D eigenvalue weighted by atomic mass is 9.81. The molecule has 4 rings (SSSR count). The van der Waals surface area contributed by atoms with Gasteiger partial charge in [0.05, 0.1) is 12.6 Å². The van der Waals surface area contributed by atoms with E-state index < -0.39 is 29.9 Å². The minimum Gasteiger partial charge on any atom is -0.368 e. The van der Waals surface area contributed by atoms with Crippen molar-refractivity contribution in [1.29, 1.82) is 0 Å². The summed E-state index contributed by atoms with van der Waals surface area (Å²) in [5, 5.41) is 3.09. The number of halogens is 3. The van der Waals surface area contributed by atoms with Crippen LogP contribution in [-0.4, -0.2) is 29.4 Å². The molecule has 1 heterocycles. The summed E-state index contributed by atoms with van der Waals surface area (Å²) in [6.45, 7) is 0.0920. The topological polar surface area (TPSA) is 75.4 Å². The van der Waals surface area contributed by atoms with E-state index in [0.29, 0.717) is 16.1 Å². The van der Waals surface area contributed by atoms with Crippen LogP contribution in [0.3, 0.4) is 0 Å². The quantitative estimate of drug-likeness (QED) is 0.840. The monoisotopic (exact) mass is 391 g/mol. The minimum atomic E-state index is -2.80. The molecule has 1 saturated heterocycles. The summed E-state index contributed by atoms with van der Waals surface area (Å²) in [5.74, 6) is -3.43. The molecule has 1 aliphatic carbocycles. The Balaban J connectivity index is 1.75. The molecule has 3 N–H and O–H groups in total. The van der Waals surface area contributed by atoms with E-state index >= 15 is 0 Å². The Morgan fingerprint density at radius 2 is 1.89 bits per heavy atom. The molecule has 1 aliphatic heterocycles. The van der Waals surface area contributed by atoms with Crippen molar-refractivity contribution in [2.24, 2.45) is 5.73 Å². The third-order valence-electron chi connectivity index (χ3n) is 5.03. The Morgan fingerprint density at radius 3 is 2.44 bits per heavy atom. The van der Waals surface area contributed by atoms with Crippen molar-refractivity contribution in [3.05, 3.63) is 69.7 Å². The van der Waals surface area contributed by atoms with Crippen molar-refractivity contribution >= 4 is 23.5 Å². The van der Waals surface area contributed by atoms with Gasteiger partial charge in [0.1, 0.15) is 6.04 Å². The second-order valence-electron chi connectivity index (χ2n) is 6.81. The van der Waals surface area contributed by atoms with Crippen molar-refractivity contribution in [1.82, 2.24) is 10.2 Å². The van der Waals surface area contributed by atoms with Gasteiger partial charge in [0.25, 0.3) is 5.92 Å². The highest BCUT2D eigenvalue weighted by molar-refractivity contribution is 6.30. The molecule has 1 fully saturated rings. The highest BCUT2D eigenvalue weighted by Crippen LogP contribution is 2.45. The maximum absolute atomic E-state index is 13.6. The van der Waals surface area contributed by atoms with Crippen LogP contribution in [0.2, 0.25) is 5.02 Å². The van der Waals surface area contributed by atoms with E-state index in [1.54, 1.807) is 36.4 Å². The smallest absolute Gasteiger partial charge is 0.318 e. The molecular formula is C19H16ClF2N3O2. The van der Waals surface area contributed by atoms with Crippen molar-refractivity contribution in [2.45, 2.75) is 24.4 Å². The standard InChI is InChI=1S/C19H16ClF2N3O2/c20-13-4-1-10(2-5-13)16(25-9-15(17(23)26)24-18(25)27)11-3-6-14-12(7-11)8-19(14,21)22/h1-7,15-16H,8-9H2,(H2,23,26)(H,24,27)/t15?,16-/m1/s1. The normalized spacial score (nSPS) is 21.2. The fraction of sp³-hybridized carbons (Fsp3) is 0.263. The zero-order valence-electron chi connectivity index (χ0n) is 14.1. The first-order valence-electron chi connectivity index (χ1n) is 8.39. The first-order chi connectivity index (χ1) is 12.8. The number of nitrogens with one attached hydrogen (secondary N) is 1. The number of primary amides is 1. The molecule has 8 heteroatoms. The molecule has 0 aromatic heterocycles. The molecule has 0 spiro atoms. The van der Waals surface area contributed by atoms with E-state index in [1.165, 1.54) is 11.0 Å². The molecule has 2 aromatic rings. The zero-order valence-corrected chi connectivity index (χ0v) is 14.8. The molecule has 2 atom stereocenters. The van der Waals surface area contributed by atoms with Crippen LogP contribution in [0.15, 0.2) is 42.5 Å². The number of hydrogen-bond donors (Lipinski definition) is 2. The number of amides is 3. The number of nitrogens with two attached hydrogens (primary N) is 1. The predicted octanol–water partition coefficient (Wildman–Crippen LogP) is 2.96. The molecule has 27 heavy (non-hydrogen) atoms. The second-order valence-corrected chi connectivity index (χ2v) is 7.25. The van der Waals surface area contributed by atoms with Crippen molar-refractivity contribution in [3.8, 4) is 0 Å². The minimum absolute atomic E-state index is 0.0157. The first-order valence-corrected chi connectivity index (χ1v) is 8.77. The summed E-state index contributed by atoms with van der Waals surface area (Å²) in [5.41, 5.74) is 7.34. The number of benzene rings is 2. The number of nitrogens with zero attached hydrogens (tertiary/aromatic N) is 1.